The number of ether oxygens (including phenoxy) is 1. The lowest BCUT2D eigenvalue weighted by atomic mass is 10.1. The number of para-hydroxylation sites is 1. The Morgan fingerprint density at radius 1 is 1.04 bits per heavy atom. The van der Waals surface area contributed by atoms with Crippen molar-refractivity contribution < 1.29 is 14.3 Å². The predicted molar refractivity (Wildman–Crippen MR) is 98.9 cm³/mol. The second-order valence-electron chi connectivity index (χ2n) is 5.81. The molecule has 0 atom stereocenters. The largest absolute Gasteiger partial charge is 0.497 e. The van der Waals surface area contributed by atoms with Gasteiger partial charge in [0, 0.05) is 5.69 Å². The van der Waals surface area contributed by atoms with E-state index >= 15 is 0 Å². The van der Waals surface area contributed by atoms with Gasteiger partial charge in [-0.1, -0.05) is 37.3 Å². The van der Waals surface area contributed by atoms with Gasteiger partial charge in [-0.25, -0.2) is 0 Å². The van der Waals surface area contributed by atoms with Crippen molar-refractivity contribution in [3.8, 4) is 5.75 Å². The number of aryl methyl sites for hydroxylation is 2. The van der Waals surface area contributed by atoms with Gasteiger partial charge >= 0.3 is 0 Å². The molecule has 0 saturated carbocycles. The number of hydrogen-bond acceptors (Lipinski definition) is 3. The lowest BCUT2D eigenvalue weighted by molar-refractivity contribution is -0.123. The summed E-state index contributed by atoms with van der Waals surface area (Å²) >= 11 is 0. The molecule has 0 aliphatic heterocycles. The number of carbonyl (C=O) groups is 2. The second-order valence-corrected chi connectivity index (χ2v) is 5.81. The van der Waals surface area contributed by atoms with E-state index in [4.69, 9.17) is 4.74 Å². The summed E-state index contributed by atoms with van der Waals surface area (Å²) in [4.78, 5) is 24.1. The zero-order valence-electron chi connectivity index (χ0n) is 14.9. The maximum atomic E-state index is 12.1. The molecule has 0 aromatic heterocycles. The third kappa shape index (κ3) is 5.35. The minimum Gasteiger partial charge on any atom is -0.497 e. The Kier molecular flexibility index (Phi) is 6.57. The fraction of sp³-hybridized carbons (Fsp3) is 0.300. The predicted octanol–water partition coefficient (Wildman–Crippen LogP) is 2.86. The van der Waals surface area contributed by atoms with E-state index in [1.807, 2.05) is 44.2 Å². The van der Waals surface area contributed by atoms with Crippen LogP contribution in [-0.2, 0) is 22.4 Å². The Bertz CT molecular complexity index is 739. The van der Waals surface area contributed by atoms with Crippen LogP contribution >= 0.6 is 0 Å². The first-order valence-electron chi connectivity index (χ1n) is 8.31. The standard InChI is InChI=1S/C20H24N2O3/c1-4-16-7-5-6-14(2)20(16)22-19(24)13-21-18(23)12-15-8-10-17(25-3)11-9-15/h5-11H,4,12-13H2,1-3H3,(H,21,23)(H,22,24). The molecule has 2 N–H and O–H groups in total. The van der Waals surface area contributed by atoms with Crippen LogP contribution in [0.2, 0.25) is 0 Å². The molecule has 132 valence electrons. The van der Waals surface area contributed by atoms with E-state index in [1.54, 1.807) is 19.2 Å². The molecule has 25 heavy (non-hydrogen) atoms. The van der Waals surface area contributed by atoms with Crippen LogP contribution in [0.1, 0.15) is 23.6 Å². The summed E-state index contributed by atoms with van der Waals surface area (Å²) in [5, 5.41) is 5.55. The number of benzene rings is 2. The van der Waals surface area contributed by atoms with Crippen LogP contribution in [0.4, 0.5) is 5.69 Å². The van der Waals surface area contributed by atoms with Crippen molar-refractivity contribution in [3.05, 3.63) is 59.2 Å². The van der Waals surface area contributed by atoms with Gasteiger partial charge in [0.1, 0.15) is 5.75 Å². The number of rotatable bonds is 7. The number of anilines is 1. The highest BCUT2D eigenvalue weighted by Gasteiger charge is 2.10. The number of carbonyl (C=O) groups excluding carboxylic acids is 2. The molecule has 0 saturated heterocycles. The molecule has 5 nitrogen and oxygen atoms in total. The molecular weight excluding hydrogens is 316 g/mol. The minimum absolute atomic E-state index is 0.0491. The highest BCUT2D eigenvalue weighted by Crippen LogP contribution is 2.20. The smallest absolute Gasteiger partial charge is 0.243 e. The maximum Gasteiger partial charge on any atom is 0.243 e. The average molecular weight is 340 g/mol. The van der Waals surface area contributed by atoms with E-state index in [0.29, 0.717) is 0 Å². The average Bonchev–Trinajstić information content (AvgIpc) is 2.62. The van der Waals surface area contributed by atoms with Gasteiger partial charge in [-0.15, -0.1) is 0 Å². The topological polar surface area (TPSA) is 67.4 Å². The normalized spacial score (nSPS) is 10.2. The van der Waals surface area contributed by atoms with E-state index in [9.17, 15) is 9.59 Å². The fourth-order valence-corrected chi connectivity index (χ4v) is 2.56. The molecule has 0 radical (unpaired) electrons. The Labute approximate surface area is 148 Å². The summed E-state index contributed by atoms with van der Waals surface area (Å²) in [6.45, 7) is 3.95. The van der Waals surface area contributed by atoms with E-state index in [2.05, 4.69) is 10.6 Å². The van der Waals surface area contributed by atoms with Gasteiger partial charge in [0.15, 0.2) is 0 Å². The minimum atomic E-state index is -0.230. The van der Waals surface area contributed by atoms with E-state index in [-0.39, 0.29) is 24.8 Å². The third-order valence-electron chi connectivity index (χ3n) is 3.97. The molecule has 0 unspecified atom stereocenters. The van der Waals surface area contributed by atoms with Crippen molar-refractivity contribution in [2.45, 2.75) is 26.7 Å². The molecule has 2 amide bonds. The molecule has 5 heteroatoms. The first kappa shape index (κ1) is 18.5. The molecule has 2 rings (SSSR count). The molecule has 0 bridgehead atoms. The van der Waals surface area contributed by atoms with Gasteiger partial charge in [-0.3, -0.25) is 9.59 Å². The summed E-state index contributed by atoms with van der Waals surface area (Å²) in [5.74, 6) is 0.321. The molecule has 2 aromatic carbocycles. The quantitative estimate of drug-likeness (QED) is 0.814. The van der Waals surface area contributed by atoms with Crippen molar-refractivity contribution in [2.75, 3.05) is 19.0 Å². The Morgan fingerprint density at radius 2 is 1.76 bits per heavy atom. The lowest BCUT2D eigenvalue weighted by Gasteiger charge is -2.13. The Hall–Kier alpha value is -2.82. The van der Waals surface area contributed by atoms with Crippen LogP contribution in [0, 0.1) is 6.92 Å². The van der Waals surface area contributed by atoms with Gasteiger partial charge in [0.05, 0.1) is 20.1 Å². The first-order valence-corrected chi connectivity index (χ1v) is 8.31. The summed E-state index contributed by atoms with van der Waals surface area (Å²) in [5.41, 5.74) is 3.79. The second kappa shape index (κ2) is 8.87. The zero-order valence-corrected chi connectivity index (χ0v) is 14.9. The van der Waals surface area contributed by atoms with E-state index in [1.165, 1.54) is 0 Å². The molecule has 0 aliphatic rings. The number of nitrogens with one attached hydrogen (secondary N) is 2. The van der Waals surface area contributed by atoms with Crippen LogP contribution in [-0.4, -0.2) is 25.5 Å². The lowest BCUT2D eigenvalue weighted by Crippen LogP contribution is -2.34. The monoisotopic (exact) mass is 340 g/mol. The van der Waals surface area contributed by atoms with Crippen LogP contribution in [0.5, 0.6) is 5.75 Å². The molecule has 0 aliphatic carbocycles. The van der Waals surface area contributed by atoms with Crippen LogP contribution < -0.4 is 15.4 Å². The van der Waals surface area contributed by atoms with E-state index < -0.39 is 0 Å². The highest BCUT2D eigenvalue weighted by atomic mass is 16.5. The first-order chi connectivity index (χ1) is 12.0. The summed E-state index contributed by atoms with van der Waals surface area (Å²) in [7, 11) is 1.60. The van der Waals surface area contributed by atoms with Gasteiger partial charge in [-0.05, 0) is 42.2 Å². The molecule has 0 heterocycles. The fourth-order valence-electron chi connectivity index (χ4n) is 2.56. The van der Waals surface area contributed by atoms with Crippen LogP contribution in [0.3, 0.4) is 0 Å². The summed E-state index contributed by atoms with van der Waals surface area (Å²) in [6, 6.07) is 13.2. The molecular formula is C20H24N2O3. The van der Waals surface area contributed by atoms with Crippen molar-refractivity contribution in [3.63, 3.8) is 0 Å². The van der Waals surface area contributed by atoms with Crippen molar-refractivity contribution >= 4 is 17.5 Å². The summed E-state index contributed by atoms with van der Waals surface area (Å²) in [6.07, 6.45) is 1.06. The van der Waals surface area contributed by atoms with E-state index in [0.717, 1.165) is 34.5 Å². The number of amides is 2. The van der Waals surface area contributed by atoms with Crippen LogP contribution in [0.15, 0.2) is 42.5 Å². The van der Waals surface area contributed by atoms with Gasteiger partial charge in [0.2, 0.25) is 11.8 Å². The van der Waals surface area contributed by atoms with Crippen LogP contribution in [0.25, 0.3) is 0 Å². The van der Waals surface area contributed by atoms with Gasteiger partial charge in [0.25, 0.3) is 0 Å². The van der Waals surface area contributed by atoms with Crippen molar-refractivity contribution in [2.24, 2.45) is 0 Å². The molecule has 0 spiro atoms. The molecule has 0 fully saturated rings. The van der Waals surface area contributed by atoms with Gasteiger partial charge < -0.3 is 15.4 Å². The Balaban J connectivity index is 1.86. The SMILES string of the molecule is CCc1cccc(C)c1NC(=O)CNC(=O)Cc1ccc(OC)cc1. The number of methoxy groups -OCH3 is 1. The number of hydrogen-bond donors (Lipinski definition) is 2. The van der Waals surface area contributed by atoms with Crippen molar-refractivity contribution in [1.82, 2.24) is 5.32 Å². The highest BCUT2D eigenvalue weighted by molar-refractivity contribution is 5.96. The Morgan fingerprint density at radius 3 is 2.40 bits per heavy atom. The molecule has 2 aromatic rings. The zero-order chi connectivity index (χ0) is 18.2. The summed E-state index contributed by atoms with van der Waals surface area (Å²) < 4.78 is 5.08. The maximum absolute atomic E-state index is 12.1. The van der Waals surface area contributed by atoms with Gasteiger partial charge in [-0.2, -0.15) is 0 Å². The third-order valence-corrected chi connectivity index (χ3v) is 3.97. The van der Waals surface area contributed by atoms with Crippen molar-refractivity contribution in [1.29, 1.82) is 0 Å².